The molecular weight excluding hydrogens is 654 g/mol. The molecule has 6 nitrogen and oxygen atoms in total. The van der Waals surface area contributed by atoms with E-state index in [2.05, 4.69) is 55.6 Å². The summed E-state index contributed by atoms with van der Waals surface area (Å²) in [5.41, 5.74) is 5.06. The minimum absolute atomic E-state index is 0.0490. The van der Waals surface area contributed by atoms with Crippen LogP contribution in [0.5, 0.6) is 11.5 Å². The maximum Gasteiger partial charge on any atom is 0.307 e. The van der Waals surface area contributed by atoms with E-state index in [1.807, 2.05) is 25.1 Å². The Kier molecular flexibility index (Phi) is 8.99. The summed E-state index contributed by atoms with van der Waals surface area (Å²) in [6.45, 7) is 6.14. The normalized spacial score (nSPS) is 11.1. The van der Waals surface area contributed by atoms with E-state index in [0.29, 0.717) is 41.2 Å². The Morgan fingerprint density at radius 2 is 2.00 bits per heavy atom. The van der Waals surface area contributed by atoms with Crippen molar-refractivity contribution in [1.29, 1.82) is 0 Å². The molecule has 4 rings (SSSR count). The van der Waals surface area contributed by atoms with Crippen LogP contribution in [0.25, 0.3) is 11.0 Å². The summed E-state index contributed by atoms with van der Waals surface area (Å²) in [5.74, 6) is 0.345. The number of benzene rings is 3. The van der Waals surface area contributed by atoms with Crippen LogP contribution < -0.4 is 14.9 Å². The Hall–Kier alpha value is -3.18. The lowest BCUT2D eigenvalue weighted by atomic mass is 10.1. The molecule has 37 heavy (non-hydrogen) atoms. The van der Waals surface area contributed by atoms with Gasteiger partial charge in [-0.3, -0.25) is 4.79 Å². The molecule has 3 aromatic carbocycles. The van der Waals surface area contributed by atoms with Crippen LogP contribution in [0.2, 0.25) is 0 Å². The average Bonchev–Trinajstić information content (AvgIpc) is 3.29. The number of hydrogen-bond donors (Lipinski definition) is 1. The second kappa shape index (κ2) is 12.4. The summed E-state index contributed by atoms with van der Waals surface area (Å²) in [6, 6.07) is 15.5. The number of nitrogens with one attached hydrogen (secondary N) is 1. The zero-order chi connectivity index (χ0) is 26.4. The van der Waals surface area contributed by atoms with Gasteiger partial charge in [-0.05, 0) is 77.9 Å². The molecule has 0 radical (unpaired) electrons. The van der Waals surface area contributed by atoms with Gasteiger partial charge in [0.2, 0.25) is 0 Å². The van der Waals surface area contributed by atoms with E-state index in [-0.39, 0.29) is 18.2 Å². The molecule has 0 bridgehead atoms. The molecule has 0 saturated heterocycles. The Bertz CT molecular complexity index is 1480. The van der Waals surface area contributed by atoms with Crippen molar-refractivity contribution in [3.8, 4) is 11.5 Å². The molecule has 0 atom stereocenters. The van der Waals surface area contributed by atoms with Crippen molar-refractivity contribution < 1.29 is 23.1 Å². The van der Waals surface area contributed by atoms with Crippen molar-refractivity contribution in [1.82, 2.24) is 5.43 Å². The molecule has 0 fully saturated rings. The molecule has 4 aromatic rings. The smallest absolute Gasteiger partial charge is 0.307 e. The van der Waals surface area contributed by atoms with Gasteiger partial charge in [0.1, 0.15) is 18.0 Å². The number of halogens is 3. The van der Waals surface area contributed by atoms with Gasteiger partial charge in [-0.15, -0.1) is 6.58 Å². The topological polar surface area (TPSA) is 73.1 Å². The molecule has 1 aromatic heterocycles. The number of amides is 1. The lowest BCUT2D eigenvalue weighted by molar-refractivity contribution is 0.0929. The van der Waals surface area contributed by atoms with Gasteiger partial charge >= 0.3 is 5.91 Å². The second-order valence-corrected chi connectivity index (χ2v) is 10.0. The molecule has 0 spiro atoms. The number of carbonyl (C=O) groups is 1. The van der Waals surface area contributed by atoms with Crippen LogP contribution in [-0.2, 0) is 13.0 Å². The molecular formula is C28H23BrFIN2O4. The molecule has 190 valence electrons. The summed E-state index contributed by atoms with van der Waals surface area (Å²) >= 11 is 5.61. The fourth-order valence-electron chi connectivity index (χ4n) is 3.67. The van der Waals surface area contributed by atoms with Crippen LogP contribution in [0, 0.1) is 9.39 Å². The third-order valence-electron chi connectivity index (χ3n) is 5.29. The van der Waals surface area contributed by atoms with Crippen molar-refractivity contribution in [2.75, 3.05) is 6.61 Å². The first-order chi connectivity index (χ1) is 17.9. The van der Waals surface area contributed by atoms with E-state index in [0.717, 1.165) is 19.0 Å². The van der Waals surface area contributed by atoms with E-state index >= 15 is 0 Å². The number of furan rings is 1. The Labute approximate surface area is 235 Å². The van der Waals surface area contributed by atoms with Gasteiger partial charge in [0.25, 0.3) is 0 Å². The second-order valence-electron chi connectivity index (χ2n) is 7.93. The lowest BCUT2D eigenvalue weighted by Gasteiger charge is -2.17. The zero-order valence-electron chi connectivity index (χ0n) is 19.9. The SMILES string of the molecule is C=CCc1cc(/C=N\NC(=O)c2cc3cc(Br)cc(I)c3o2)cc(OCC)c1OCc1ccccc1F. The summed E-state index contributed by atoms with van der Waals surface area (Å²) in [7, 11) is 0. The molecule has 0 aliphatic rings. The minimum Gasteiger partial charge on any atom is -0.490 e. The van der Waals surface area contributed by atoms with Crippen LogP contribution in [0.15, 0.2) is 81.2 Å². The third-order valence-corrected chi connectivity index (χ3v) is 6.55. The molecule has 0 aliphatic heterocycles. The summed E-state index contributed by atoms with van der Waals surface area (Å²) in [6.07, 6.45) is 3.75. The Balaban J connectivity index is 1.54. The van der Waals surface area contributed by atoms with Gasteiger partial charge in [0.05, 0.1) is 16.4 Å². The van der Waals surface area contributed by atoms with Gasteiger partial charge in [0.15, 0.2) is 17.3 Å². The number of rotatable bonds is 10. The first kappa shape index (κ1) is 26.9. The highest BCUT2D eigenvalue weighted by atomic mass is 127. The van der Waals surface area contributed by atoms with Crippen LogP contribution in [0.4, 0.5) is 4.39 Å². The lowest BCUT2D eigenvalue weighted by Crippen LogP contribution is -2.16. The number of hydrogen-bond acceptors (Lipinski definition) is 5. The maximum absolute atomic E-state index is 14.1. The molecule has 0 unspecified atom stereocenters. The monoisotopic (exact) mass is 676 g/mol. The van der Waals surface area contributed by atoms with E-state index in [1.54, 1.807) is 36.4 Å². The van der Waals surface area contributed by atoms with E-state index in [9.17, 15) is 9.18 Å². The largest absolute Gasteiger partial charge is 0.490 e. The van der Waals surface area contributed by atoms with E-state index < -0.39 is 5.91 Å². The molecule has 0 aliphatic carbocycles. The fourth-order valence-corrected chi connectivity index (χ4v) is 5.33. The third kappa shape index (κ3) is 6.58. The van der Waals surface area contributed by atoms with Gasteiger partial charge in [-0.2, -0.15) is 5.10 Å². The highest BCUT2D eigenvalue weighted by Crippen LogP contribution is 2.34. The summed E-state index contributed by atoms with van der Waals surface area (Å²) in [5, 5.41) is 4.91. The van der Waals surface area contributed by atoms with E-state index in [4.69, 9.17) is 13.9 Å². The van der Waals surface area contributed by atoms with E-state index in [1.165, 1.54) is 12.3 Å². The molecule has 1 amide bonds. The van der Waals surface area contributed by atoms with Crippen molar-refractivity contribution >= 4 is 61.6 Å². The predicted molar refractivity (Wildman–Crippen MR) is 154 cm³/mol. The fraction of sp³-hybridized carbons (Fsp3) is 0.143. The van der Waals surface area contributed by atoms with Crippen LogP contribution >= 0.6 is 38.5 Å². The van der Waals surface area contributed by atoms with Crippen molar-refractivity contribution in [3.63, 3.8) is 0 Å². The van der Waals surface area contributed by atoms with Crippen LogP contribution in [0.3, 0.4) is 0 Å². The number of allylic oxidation sites excluding steroid dienone is 1. The number of fused-ring (bicyclic) bond motifs is 1. The van der Waals surface area contributed by atoms with Gasteiger partial charge in [0, 0.05) is 21.0 Å². The predicted octanol–water partition coefficient (Wildman–Crippen LogP) is 7.41. The maximum atomic E-state index is 14.1. The molecule has 1 heterocycles. The number of ether oxygens (including phenoxy) is 2. The highest BCUT2D eigenvalue weighted by Gasteiger charge is 2.16. The highest BCUT2D eigenvalue weighted by molar-refractivity contribution is 14.1. The van der Waals surface area contributed by atoms with Gasteiger partial charge in [-0.1, -0.05) is 40.2 Å². The van der Waals surface area contributed by atoms with Crippen LogP contribution in [0.1, 0.15) is 34.2 Å². The standard InChI is InChI=1S/C28H23BrFIN2O4/c1-3-7-18-10-17(11-24(35-4-2)27(18)36-16-19-8-5-6-9-22(19)30)15-32-33-28(34)25-13-20-12-21(29)14-23(31)26(20)37-25/h3,5-6,8-15H,1,4,7,16H2,2H3,(H,33,34)/b32-15-. The zero-order valence-corrected chi connectivity index (χ0v) is 23.6. The number of nitrogens with zero attached hydrogens (tertiary/aromatic N) is 1. The minimum atomic E-state index is -0.472. The van der Waals surface area contributed by atoms with Crippen molar-refractivity contribution in [3.05, 3.63) is 104 Å². The number of carbonyl (C=O) groups excluding carboxylic acids is 1. The van der Waals surface area contributed by atoms with Crippen LogP contribution in [-0.4, -0.2) is 18.7 Å². The van der Waals surface area contributed by atoms with Crippen molar-refractivity contribution in [2.24, 2.45) is 5.10 Å². The molecule has 1 N–H and O–H groups in total. The first-order valence-corrected chi connectivity index (χ1v) is 13.3. The van der Waals surface area contributed by atoms with Gasteiger partial charge in [-0.25, -0.2) is 9.82 Å². The molecule has 9 heteroatoms. The Morgan fingerprint density at radius 1 is 1.19 bits per heavy atom. The average molecular weight is 677 g/mol. The quantitative estimate of drug-likeness (QED) is 0.0822. The van der Waals surface area contributed by atoms with Crippen molar-refractivity contribution in [2.45, 2.75) is 20.0 Å². The Morgan fingerprint density at radius 3 is 2.76 bits per heavy atom. The summed E-state index contributed by atoms with van der Waals surface area (Å²) in [4.78, 5) is 12.6. The summed E-state index contributed by atoms with van der Waals surface area (Å²) < 4.78 is 33.4. The first-order valence-electron chi connectivity index (χ1n) is 11.4. The van der Waals surface area contributed by atoms with Gasteiger partial charge < -0.3 is 13.9 Å². The number of hydrazone groups is 1. The molecule has 0 saturated carbocycles.